The zero-order chi connectivity index (χ0) is 13.0. The van der Waals surface area contributed by atoms with E-state index in [2.05, 4.69) is 12.2 Å². The van der Waals surface area contributed by atoms with Crippen LogP contribution in [-0.2, 0) is 4.79 Å². The van der Waals surface area contributed by atoms with Crippen molar-refractivity contribution in [2.24, 2.45) is 0 Å². The average Bonchev–Trinajstić information content (AvgIpc) is 2.73. The van der Waals surface area contributed by atoms with Crippen LogP contribution in [0.1, 0.15) is 32.6 Å². The van der Waals surface area contributed by atoms with Crippen molar-refractivity contribution in [3.05, 3.63) is 24.3 Å². The third-order valence-corrected chi connectivity index (χ3v) is 3.38. The molecule has 0 saturated heterocycles. The number of nitrogen functional groups attached to an aromatic ring is 1. The van der Waals surface area contributed by atoms with Crippen LogP contribution in [0, 0.1) is 0 Å². The van der Waals surface area contributed by atoms with Crippen molar-refractivity contribution in [1.29, 1.82) is 0 Å². The van der Waals surface area contributed by atoms with Gasteiger partial charge >= 0.3 is 0 Å². The fraction of sp³-hybridized carbons (Fsp3) is 0.500. The number of carbonyl (C=O) groups is 1. The van der Waals surface area contributed by atoms with E-state index < -0.39 is 0 Å². The van der Waals surface area contributed by atoms with Gasteiger partial charge in [0.05, 0.1) is 0 Å². The molecule has 1 aromatic rings. The summed E-state index contributed by atoms with van der Waals surface area (Å²) in [7, 11) is 0. The van der Waals surface area contributed by atoms with Gasteiger partial charge in [-0.25, -0.2) is 0 Å². The van der Waals surface area contributed by atoms with E-state index in [1.807, 2.05) is 0 Å². The van der Waals surface area contributed by atoms with Crippen molar-refractivity contribution in [2.45, 2.75) is 38.1 Å². The molecule has 0 bridgehead atoms. The van der Waals surface area contributed by atoms with Crippen molar-refractivity contribution in [1.82, 2.24) is 5.32 Å². The van der Waals surface area contributed by atoms with E-state index in [0.717, 1.165) is 12.8 Å². The first kappa shape index (κ1) is 12.7. The summed E-state index contributed by atoms with van der Waals surface area (Å²) in [4.78, 5) is 11.8. The quantitative estimate of drug-likeness (QED) is 0.802. The Labute approximate surface area is 108 Å². The highest BCUT2D eigenvalue weighted by Gasteiger charge is 2.29. The Morgan fingerprint density at radius 2 is 2.17 bits per heavy atom. The number of anilines is 1. The average molecular weight is 248 g/mol. The van der Waals surface area contributed by atoms with Crippen LogP contribution in [0.4, 0.5) is 5.69 Å². The summed E-state index contributed by atoms with van der Waals surface area (Å²) in [5.74, 6) is 0.559. The van der Waals surface area contributed by atoms with Crippen LogP contribution in [0.2, 0.25) is 0 Å². The first-order chi connectivity index (χ1) is 8.57. The fourth-order valence-electron chi connectivity index (χ4n) is 2.41. The summed E-state index contributed by atoms with van der Waals surface area (Å²) >= 11 is 0. The molecule has 0 aromatic heterocycles. The zero-order valence-electron chi connectivity index (χ0n) is 10.7. The van der Waals surface area contributed by atoms with Crippen LogP contribution in [0.5, 0.6) is 5.75 Å². The molecule has 1 saturated carbocycles. The van der Waals surface area contributed by atoms with E-state index in [-0.39, 0.29) is 18.1 Å². The number of amides is 1. The number of hydrogen-bond donors (Lipinski definition) is 2. The van der Waals surface area contributed by atoms with Crippen LogP contribution in [0.3, 0.4) is 0 Å². The molecule has 0 spiro atoms. The predicted molar refractivity (Wildman–Crippen MR) is 71.4 cm³/mol. The fourth-order valence-corrected chi connectivity index (χ4v) is 2.41. The Morgan fingerprint density at radius 1 is 1.44 bits per heavy atom. The van der Waals surface area contributed by atoms with E-state index >= 15 is 0 Å². The van der Waals surface area contributed by atoms with Crippen molar-refractivity contribution in [3.8, 4) is 5.75 Å². The normalized spacial score (nSPS) is 17.4. The highest BCUT2D eigenvalue weighted by atomic mass is 16.5. The van der Waals surface area contributed by atoms with Gasteiger partial charge < -0.3 is 15.8 Å². The molecule has 2 rings (SSSR count). The molecule has 4 nitrogen and oxygen atoms in total. The van der Waals surface area contributed by atoms with Gasteiger partial charge in [-0.05, 0) is 31.9 Å². The minimum Gasteiger partial charge on any atom is -0.484 e. The first-order valence-corrected chi connectivity index (χ1v) is 6.37. The van der Waals surface area contributed by atoms with Crippen LogP contribution in [0.15, 0.2) is 24.3 Å². The molecule has 1 aromatic carbocycles. The maximum absolute atomic E-state index is 11.8. The molecule has 98 valence electrons. The molecule has 1 amide bonds. The van der Waals surface area contributed by atoms with Crippen LogP contribution in [0.25, 0.3) is 0 Å². The van der Waals surface area contributed by atoms with Gasteiger partial charge in [0.1, 0.15) is 5.75 Å². The van der Waals surface area contributed by atoms with Gasteiger partial charge in [-0.2, -0.15) is 0 Å². The lowest BCUT2D eigenvalue weighted by Gasteiger charge is -2.25. The Balaban J connectivity index is 1.81. The van der Waals surface area contributed by atoms with Crippen molar-refractivity contribution in [3.63, 3.8) is 0 Å². The third-order valence-electron chi connectivity index (χ3n) is 3.38. The molecule has 0 heterocycles. The van der Waals surface area contributed by atoms with Crippen LogP contribution in [-0.4, -0.2) is 18.1 Å². The number of benzene rings is 1. The lowest BCUT2D eigenvalue weighted by atomic mass is 10.0. The first-order valence-electron chi connectivity index (χ1n) is 6.37. The number of ether oxygens (including phenoxy) is 1. The Hall–Kier alpha value is -1.71. The SMILES string of the molecule is CC1(NC(=O)COc2cccc(N)c2)CCCC1. The molecular formula is C14H20N2O2. The predicted octanol–water partition coefficient (Wildman–Crippen LogP) is 2.10. The molecule has 0 unspecified atom stereocenters. The maximum atomic E-state index is 11.8. The monoisotopic (exact) mass is 248 g/mol. The van der Waals surface area contributed by atoms with Gasteiger partial charge in [0.2, 0.25) is 0 Å². The van der Waals surface area contributed by atoms with Gasteiger partial charge in [0, 0.05) is 17.3 Å². The Morgan fingerprint density at radius 3 is 2.83 bits per heavy atom. The van der Waals surface area contributed by atoms with E-state index in [4.69, 9.17) is 10.5 Å². The molecule has 1 aliphatic carbocycles. The third kappa shape index (κ3) is 3.39. The minimum absolute atomic E-state index is 0.0407. The van der Waals surface area contributed by atoms with E-state index in [0.29, 0.717) is 11.4 Å². The topological polar surface area (TPSA) is 64.3 Å². The largest absolute Gasteiger partial charge is 0.484 e. The highest BCUT2D eigenvalue weighted by Crippen LogP contribution is 2.28. The summed E-state index contributed by atoms with van der Waals surface area (Å²) in [6, 6.07) is 7.10. The van der Waals surface area contributed by atoms with Gasteiger partial charge in [-0.15, -0.1) is 0 Å². The number of hydrogen-bond acceptors (Lipinski definition) is 3. The second-order valence-electron chi connectivity index (χ2n) is 5.18. The molecule has 1 aliphatic rings. The molecule has 18 heavy (non-hydrogen) atoms. The zero-order valence-corrected chi connectivity index (χ0v) is 10.7. The smallest absolute Gasteiger partial charge is 0.258 e. The number of rotatable bonds is 4. The van der Waals surface area contributed by atoms with Gasteiger partial charge in [-0.3, -0.25) is 4.79 Å². The molecule has 4 heteroatoms. The molecule has 1 fully saturated rings. The highest BCUT2D eigenvalue weighted by molar-refractivity contribution is 5.78. The molecular weight excluding hydrogens is 228 g/mol. The van der Waals surface area contributed by atoms with Crippen molar-refractivity contribution < 1.29 is 9.53 Å². The van der Waals surface area contributed by atoms with Gasteiger partial charge in [0.25, 0.3) is 5.91 Å². The van der Waals surface area contributed by atoms with E-state index in [9.17, 15) is 4.79 Å². The van der Waals surface area contributed by atoms with Crippen LogP contribution < -0.4 is 15.8 Å². The maximum Gasteiger partial charge on any atom is 0.258 e. The summed E-state index contributed by atoms with van der Waals surface area (Å²) in [6.45, 7) is 2.14. The molecule has 0 atom stereocenters. The summed E-state index contributed by atoms with van der Waals surface area (Å²) in [6.07, 6.45) is 4.48. The molecule has 0 radical (unpaired) electrons. The van der Waals surface area contributed by atoms with Gasteiger partial charge in [0.15, 0.2) is 6.61 Å². The summed E-state index contributed by atoms with van der Waals surface area (Å²) in [5.41, 5.74) is 6.23. The Kier molecular flexibility index (Phi) is 3.75. The lowest BCUT2D eigenvalue weighted by Crippen LogP contribution is -2.45. The standard InChI is InChI=1S/C14H20N2O2/c1-14(7-2-3-8-14)16-13(17)10-18-12-6-4-5-11(15)9-12/h4-6,9H,2-3,7-8,10,15H2,1H3,(H,16,17). The Bertz CT molecular complexity index is 426. The summed E-state index contributed by atoms with van der Waals surface area (Å²) < 4.78 is 5.41. The number of nitrogens with two attached hydrogens (primary N) is 1. The molecule has 3 N–H and O–H groups in total. The second-order valence-corrected chi connectivity index (χ2v) is 5.18. The van der Waals surface area contributed by atoms with Crippen molar-refractivity contribution >= 4 is 11.6 Å². The van der Waals surface area contributed by atoms with E-state index in [1.165, 1.54) is 12.8 Å². The van der Waals surface area contributed by atoms with Crippen LogP contribution >= 0.6 is 0 Å². The lowest BCUT2D eigenvalue weighted by molar-refractivity contribution is -0.124. The second kappa shape index (κ2) is 5.29. The molecule has 0 aliphatic heterocycles. The summed E-state index contributed by atoms with van der Waals surface area (Å²) in [5, 5.41) is 3.04. The number of nitrogens with one attached hydrogen (secondary N) is 1. The van der Waals surface area contributed by atoms with E-state index in [1.54, 1.807) is 24.3 Å². The minimum atomic E-state index is -0.0678. The van der Waals surface area contributed by atoms with Gasteiger partial charge in [-0.1, -0.05) is 18.9 Å². The van der Waals surface area contributed by atoms with Crippen molar-refractivity contribution in [2.75, 3.05) is 12.3 Å². The number of carbonyl (C=O) groups excluding carboxylic acids is 1.